The molecule has 2 nitrogen and oxygen atoms in total. The summed E-state index contributed by atoms with van der Waals surface area (Å²) >= 11 is 5.08. The molecule has 106 valence electrons. The lowest BCUT2D eigenvalue weighted by atomic mass is 10.2. The minimum absolute atomic E-state index is 0.228. The van der Waals surface area contributed by atoms with Crippen molar-refractivity contribution in [2.75, 3.05) is 5.32 Å². The summed E-state index contributed by atoms with van der Waals surface area (Å²) in [7, 11) is 0. The quantitative estimate of drug-likeness (QED) is 0.813. The van der Waals surface area contributed by atoms with E-state index >= 15 is 0 Å². The monoisotopic (exact) mass is 290 g/mol. The number of benzene rings is 1. The minimum atomic E-state index is -4.35. The zero-order valence-corrected chi connectivity index (χ0v) is 11.7. The maximum atomic E-state index is 12.5. The van der Waals surface area contributed by atoms with Gasteiger partial charge in [-0.2, -0.15) is 13.2 Å². The number of halogens is 3. The molecule has 0 bridgehead atoms. The van der Waals surface area contributed by atoms with E-state index in [1.54, 1.807) is 6.07 Å². The van der Waals surface area contributed by atoms with Gasteiger partial charge in [-0.05, 0) is 43.3 Å². The molecule has 0 saturated carbocycles. The van der Waals surface area contributed by atoms with Crippen molar-refractivity contribution in [2.24, 2.45) is 0 Å². The summed E-state index contributed by atoms with van der Waals surface area (Å²) in [5.41, 5.74) is -0.360. The Hall–Kier alpha value is -1.30. The van der Waals surface area contributed by atoms with Gasteiger partial charge in [0.25, 0.3) is 0 Å². The van der Waals surface area contributed by atoms with Crippen LogP contribution in [-0.2, 0) is 6.18 Å². The summed E-state index contributed by atoms with van der Waals surface area (Å²) in [4.78, 5) is 0. The van der Waals surface area contributed by atoms with Crippen LogP contribution >= 0.6 is 12.2 Å². The van der Waals surface area contributed by atoms with Gasteiger partial charge in [-0.1, -0.05) is 19.9 Å². The van der Waals surface area contributed by atoms with E-state index in [4.69, 9.17) is 12.2 Å². The smallest absolute Gasteiger partial charge is 0.360 e. The molecule has 1 aromatic carbocycles. The summed E-state index contributed by atoms with van der Waals surface area (Å²) in [6.45, 7) is 4.04. The number of nitrogens with one attached hydrogen (secondary N) is 2. The van der Waals surface area contributed by atoms with Crippen molar-refractivity contribution in [3.05, 3.63) is 29.8 Å². The van der Waals surface area contributed by atoms with Gasteiger partial charge in [0.1, 0.15) is 0 Å². The molecule has 0 aliphatic carbocycles. The van der Waals surface area contributed by atoms with Crippen molar-refractivity contribution in [1.82, 2.24) is 5.32 Å². The number of anilines is 1. The molecule has 0 spiro atoms. The molecule has 0 aliphatic heterocycles. The zero-order chi connectivity index (χ0) is 14.5. The molecule has 2 N–H and O–H groups in total. The van der Waals surface area contributed by atoms with E-state index < -0.39 is 11.7 Å². The molecule has 0 aromatic heterocycles. The van der Waals surface area contributed by atoms with Gasteiger partial charge in [-0.15, -0.1) is 0 Å². The zero-order valence-electron chi connectivity index (χ0n) is 10.8. The summed E-state index contributed by atoms with van der Waals surface area (Å²) in [5, 5.41) is 6.18. The van der Waals surface area contributed by atoms with Crippen molar-refractivity contribution in [3.63, 3.8) is 0 Å². The molecule has 0 radical (unpaired) electrons. The summed E-state index contributed by atoms with van der Waals surface area (Å²) in [6.07, 6.45) is -2.54. The van der Waals surface area contributed by atoms with Crippen LogP contribution in [0.15, 0.2) is 24.3 Å². The third-order valence-electron chi connectivity index (χ3n) is 2.77. The molecule has 6 heteroatoms. The fourth-order valence-electron chi connectivity index (χ4n) is 1.62. The summed E-state index contributed by atoms with van der Waals surface area (Å²) < 4.78 is 37.6. The minimum Gasteiger partial charge on any atom is -0.360 e. The Kier molecular flexibility index (Phi) is 5.60. The van der Waals surface area contributed by atoms with Gasteiger partial charge in [-0.3, -0.25) is 0 Å². The first-order valence-corrected chi connectivity index (χ1v) is 6.52. The van der Waals surface area contributed by atoms with Gasteiger partial charge in [0.15, 0.2) is 5.11 Å². The van der Waals surface area contributed by atoms with E-state index in [-0.39, 0.29) is 6.04 Å². The first-order chi connectivity index (χ1) is 8.86. The van der Waals surface area contributed by atoms with Crippen LogP contribution < -0.4 is 10.6 Å². The van der Waals surface area contributed by atoms with E-state index in [9.17, 15) is 13.2 Å². The van der Waals surface area contributed by atoms with E-state index in [1.165, 1.54) is 6.07 Å². The van der Waals surface area contributed by atoms with Crippen LogP contribution in [-0.4, -0.2) is 11.2 Å². The third-order valence-corrected chi connectivity index (χ3v) is 2.99. The second kappa shape index (κ2) is 6.75. The van der Waals surface area contributed by atoms with Gasteiger partial charge >= 0.3 is 6.18 Å². The molecular formula is C13H17F3N2S. The van der Waals surface area contributed by atoms with Crippen LogP contribution in [0.3, 0.4) is 0 Å². The molecular weight excluding hydrogens is 273 g/mol. The Morgan fingerprint density at radius 3 is 2.42 bits per heavy atom. The first kappa shape index (κ1) is 15.8. The van der Waals surface area contributed by atoms with E-state index in [2.05, 4.69) is 10.6 Å². The Morgan fingerprint density at radius 2 is 1.89 bits per heavy atom. The Labute approximate surface area is 116 Å². The fraction of sp³-hybridized carbons (Fsp3) is 0.462. The number of thiocarbonyl (C=S) groups is 1. The fourth-order valence-corrected chi connectivity index (χ4v) is 1.90. The average Bonchev–Trinajstić information content (AvgIpc) is 2.35. The average molecular weight is 290 g/mol. The lowest BCUT2D eigenvalue weighted by molar-refractivity contribution is -0.137. The number of hydrogen-bond acceptors (Lipinski definition) is 1. The second-order valence-electron chi connectivity index (χ2n) is 4.19. The van der Waals surface area contributed by atoms with E-state index in [0.29, 0.717) is 10.8 Å². The van der Waals surface area contributed by atoms with Crippen LogP contribution in [0.4, 0.5) is 18.9 Å². The van der Waals surface area contributed by atoms with Gasteiger partial charge in [0.05, 0.1) is 5.56 Å². The van der Waals surface area contributed by atoms with Crippen molar-refractivity contribution >= 4 is 23.0 Å². The standard InChI is InChI=1S/C13H17F3N2S/c1-3-10(4-2)17-12(19)18-11-7-5-6-9(8-11)13(14,15)16/h5-8,10H,3-4H2,1-2H3,(H2,17,18,19). The Morgan fingerprint density at radius 1 is 1.26 bits per heavy atom. The molecule has 0 atom stereocenters. The third kappa shape index (κ3) is 5.06. The Bertz CT molecular complexity index is 428. The molecule has 0 heterocycles. The van der Waals surface area contributed by atoms with Crippen molar-refractivity contribution in [3.8, 4) is 0 Å². The highest BCUT2D eigenvalue weighted by Gasteiger charge is 2.30. The summed E-state index contributed by atoms with van der Waals surface area (Å²) in [5.74, 6) is 0. The van der Waals surface area contributed by atoms with Crippen LogP contribution in [0.5, 0.6) is 0 Å². The number of rotatable bonds is 4. The molecule has 0 aliphatic rings. The van der Waals surface area contributed by atoms with E-state index in [0.717, 1.165) is 25.0 Å². The lowest BCUT2D eigenvalue weighted by Gasteiger charge is -2.18. The van der Waals surface area contributed by atoms with Crippen LogP contribution in [0.1, 0.15) is 32.3 Å². The largest absolute Gasteiger partial charge is 0.416 e. The molecule has 0 fully saturated rings. The maximum absolute atomic E-state index is 12.5. The molecule has 0 saturated heterocycles. The lowest BCUT2D eigenvalue weighted by Crippen LogP contribution is -2.36. The van der Waals surface area contributed by atoms with Crippen molar-refractivity contribution in [2.45, 2.75) is 38.9 Å². The van der Waals surface area contributed by atoms with Crippen molar-refractivity contribution in [1.29, 1.82) is 0 Å². The molecule has 1 aromatic rings. The normalized spacial score (nSPS) is 11.5. The van der Waals surface area contributed by atoms with Crippen molar-refractivity contribution < 1.29 is 13.2 Å². The second-order valence-corrected chi connectivity index (χ2v) is 4.60. The van der Waals surface area contributed by atoms with Crippen LogP contribution in [0, 0.1) is 0 Å². The predicted molar refractivity (Wildman–Crippen MR) is 75.2 cm³/mol. The Balaban J connectivity index is 2.70. The van der Waals surface area contributed by atoms with Gasteiger partial charge in [-0.25, -0.2) is 0 Å². The highest BCUT2D eigenvalue weighted by atomic mass is 32.1. The molecule has 1 rings (SSSR count). The molecule has 0 amide bonds. The number of hydrogen-bond donors (Lipinski definition) is 2. The highest BCUT2D eigenvalue weighted by molar-refractivity contribution is 7.80. The van der Waals surface area contributed by atoms with Crippen LogP contribution in [0.2, 0.25) is 0 Å². The first-order valence-electron chi connectivity index (χ1n) is 6.11. The number of alkyl halides is 3. The van der Waals surface area contributed by atoms with Gasteiger partial charge < -0.3 is 10.6 Å². The van der Waals surface area contributed by atoms with Gasteiger partial charge in [0.2, 0.25) is 0 Å². The van der Waals surface area contributed by atoms with Gasteiger partial charge in [0, 0.05) is 11.7 Å². The topological polar surface area (TPSA) is 24.1 Å². The SMILES string of the molecule is CCC(CC)NC(=S)Nc1cccc(C(F)(F)F)c1. The maximum Gasteiger partial charge on any atom is 0.416 e. The molecule has 0 unspecified atom stereocenters. The molecule has 19 heavy (non-hydrogen) atoms. The highest BCUT2D eigenvalue weighted by Crippen LogP contribution is 2.30. The van der Waals surface area contributed by atoms with Crippen LogP contribution in [0.25, 0.3) is 0 Å². The van der Waals surface area contributed by atoms with E-state index in [1.807, 2.05) is 13.8 Å². The summed E-state index contributed by atoms with van der Waals surface area (Å²) in [6, 6.07) is 5.20. The predicted octanol–water partition coefficient (Wildman–Crippen LogP) is 4.18.